The van der Waals surface area contributed by atoms with Crippen LogP contribution in [0.3, 0.4) is 0 Å². The normalized spacial score (nSPS) is 16.3. The summed E-state index contributed by atoms with van der Waals surface area (Å²) in [5.41, 5.74) is 4.28. The first-order valence-electron chi connectivity index (χ1n) is 7.69. The quantitative estimate of drug-likeness (QED) is 0.666. The van der Waals surface area contributed by atoms with Crippen LogP contribution in [0.1, 0.15) is 5.56 Å². The van der Waals surface area contributed by atoms with Crippen molar-refractivity contribution in [2.75, 3.05) is 31.7 Å². The topological polar surface area (TPSA) is 71.0 Å². The fourth-order valence-electron chi connectivity index (χ4n) is 2.44. The molecule has 1 N–H and O–H groups in total. The molecule has 0 aliphatic carbocycles. The summed E-state index contributed by atoms with van der Waals surface area (Å²) >= 11 is 0. The Balaban J connectivity index is 1.82. The first-order valence-corrected chi connectivity index (χ1v) is 9.13. The van der Waals surface area contributed by atoms with Crippen molar-refractivity contribution in [2.45, 2.75) is 4.90 Å². The SMILES string of the molecule is O=S(=O)(c1ccccc1C=NNc1ccccc1)N1CCOCC1. The van der Waals surface area contributed by atoms with Crippen LogP contribution >= 0.6 is 0 Å². The molecule has 0 aromatic heterocycles. The summed E-state index contributed by atoms with van der Waals surface area (Å²) in [6.07, 6.45) is 1.53. The molecule has 1 aliphatic rings. The van der Waals surface area contributed by atoms with Crippen molar-refractivity contribution in [1.82, 2.24) is 4.31 Å². The van der Waals surface area contributed by atoms with E-state index in [-0.39, 0.29) is 4.90 Å². The number of nitrogens with zero attached hydrogens (tertiary/aromatic N) is 2. The van der Waals surface area contributed by atoms with Gasteiger partial charge in [-0.25, -0.2) is 8.42 Å². The van der Waals surface area contributed by atoms with Crippen LogP contribution in [0.4, 0.5) is 5.69 Å². The number of hydrogen-bond acceptors (Lipinski definition) is 5. The number of benzene rings is 2. The Morgan fingerprint density at radius 3 is 2.42 bits per heavy atom. The highest BCUT2D eigenvalue weighted by atomic mass is 32.2. The second-order valence-corrected chi connectivity index (χ2v) is 7.20. The van der Waals surface area contributed by atoms with E-state index in [1.807, 2.05) is 30.3 Å². The third kappa shape index (κ3) is 3.81. The smallest absolute Gasteiger partial charge is 0.243 e. The lowest BCUT2D eigenvalue weighted by molar-refractivity contribution is 0.0730. The zero-order valence-electron chi connectivity index (χ0n) is 13.1. The molecule has 126 valence electrons. The van der Waals surface area contributed by atoms with E-state index in [4.69, 9.17) is 4.74 Å². The Bertz CT molecular complexity index is 801. The van der Waals surface area contributed by atoms with Gasteiger partial charge in [0.25, 0.3) is 0 Å². The van der Waals surface area contributed by atoms with Gasteiger partial charge >= 0.3 is 0 Å². The van der Waals surface area contributed by atoms with Gasteiger partial charge in [-0.2, -0.15) is 9.41 Å². The predicted molar refractivity (Wildman–Crippen MR) is 93.7 cm³/mol. The number of ether oxygens (including phenoxy) is 1. The molecule has 1 aliphatic heterocycles. The van der Waals surface area contributed by atoms with Crippen molar-refractivity contribution in [2.24, 2.45) is 5.10 Å². The predicted octanol–water partition coefficient (Wildman–Crippen LogP) is 2.15. The molecule has 1 heterocycles. The van der Waals surface area contributed by atoms with Gasteiger partial charge in [0.15, 0.2) is 0 Å². The Kier molecular flexibility index (Phi) is 5.24. The van der Waals surface area contributed by atoms with E-state index in [9.17, 15) is 8.42 Å². The van der Waals surface area contributed by atoms with Gasteiger partial charge in [0.1, 0.15) is 0 Å². The van der Waals surface area contributed by atoms with Crippen molar-refractivity contribution in [3.8, 4) is 0 Å². The van der Waals surface area contributed by atoms with E-state index in [1.165, 1.54) is 10.5 Å². The molecule has 1 fully saturated rings. The number of hydrogen-bond donors (Lipinski definition) is 1. The Labute approximate surface area is 141 Å². The minimum atomic E-state index is -3.55. The fraction of sp³-hybridized carbons (Fsp3) is 0.235. The van der Waals surface area contributed by atoms with Crippen molar-refractivity contribution in [3.63, 3.8) is 0 Å². The number of anilines is 1. The maximum atomic E-state index is 12.8. The third-order valence-corrected chi connectivity index (χ3v) is 5.65. The minimum Gasteiger partial charge on any atom is -0.379 e. The van der Waals surface area contributed by atoms with E-state index in [2.05, 4.69) is 10.5 Å². The van der Waals surface area contributed by atoms with Crippen LogP contribution in [0.5, 0.6) is 0 Å². The van der Waals surface area contributed by atoms with Crippen molar-refractivity contribution >= 4 is 21.9 Å². The summed E-state index contributed by atoms with van der Waals surface area (Å²) in [4.78, 5) is 0.255. The molecule has 24 heavy (non-hydrogen) atoms. The molecular weight excluding hydrogens is 326 g/mol. The molecule has 2 aromatic rings. The molecule has 0 bridgehead atoms. The molecule has 3 rings (SSSR count). The summed E-state index contributed by atoms with van der Waals surface area (Å²) in [6.45, 7) is 1.59. The number of para-hydroxylation sites is 1. The molecule has 0 unspecified atom stereocenters. The highest BCUT2D eigenvalue weighted by Gasteiger charge is 2.27. The van der Waals surface area contributed by atoms with E-state index in [0.29, 0.717) is 31.9 Å². The van der Waals surface area contributed by atoms with Crippen LogP contribution < -0.4 is 5.43 Å². The van der Waals surface area contributed by atoms with Crippen molar-refractivity contribution < 1.29 is 13.2 Å². The fourth-order valence-corrected chi connectivity index (χ4v) is 4.01. The average Bonchev–Trinajstić information content (AvgIpc) is 2.64. The molecule has 7 heteroatoms. The maximum Gasteiger partial charge on any atom is 0.243 e. The zero-order valence-corrected chi connectivity index (χ0v) is 13.9. The number of rotatable bonds is 5. The second-order valence-electron chi connectivity index (χ2n) is 5.29. The van der Waals surface area contributed by atoms with Gasteiger partial charge in [-0.1, -0.05) is 36.4 Å². The minimum absolute atomic E-state index is 0.255. The Morgan fingerprint density at radius 1 is 1.00 bits per heavy atom. The van der Waals surface area contributed by atoms with Gasteiger partial charge in [-0.05, 0) is 18.2 Å². The van der Waals surface area contributed by atoms with Crippen LogP contribution in [0.2, 0.25) is 0 Å². The van der Waals surface area contributed by atoms with Crippen molar-refractivity contribution in [1.29, 1.82) is 0 Å². The van der Waals surface area contributed by atoms with Crippen LogP contribution in [0.25, 0.3) is 0 Å². The maximum absolute atomic E-state index is 12.8. The van der Waals surface area contributed by atoms with E-state index < -0.39 is 10.0 Å². The first-order chi connectivity index (χ1) is 11.7. The summed E-state index contributed by atoms with van der Waals surface area (Å²) in [6, 6.07) is 16.3. The summed E-state index contributed by atoms with van der Waals surface area (Å²) < 4.78 is 32.3. The van der Waals surface area contributed by atoms with Crippen LogP contribution in [0, 0.1) is 0 Å². The van der Waals surface area contributed by atoms with Gasteiger partial charge in [-0.3, -0.25) is 5.43 Å². The molecule has 1 saturated heterocycles. The number of sulfonamides is 1. The van der Waals surface area contributed by atoms with Crippen LogP contribution in [-0.2, 0) is 14.8 Å². The van der Waals surface area contributed by atoms with Gasteiger partial charge in [0, 0.05) is 18.7 Å². The molecule has 2 aromatic carbocycles. The van der Waals surface area contributed by atoms with E-state index in [0.717, 1.165) is 5.69 Å². The standard InChI is InChI=1S/C17H19N3O3S/c21-24(22,20-10-12-23-13-11-20)17-9-5-4-6-15(17)14-18-19-16-7-2-1-3-8-16/h1-9,14,19H,10-13H2. The second kappa shape index (κ2) is 7.57. The first kappa shape index (κ1) is 16.6. The number of nitrogens with one attached hydrogen (secondary N) is 1. The van der Waals surface area contributed by atoms with Gasteiger partial charge in [-0.15, -0.1) is 0 Å². The number of hydrazone groups is 1. The van der Waals surface area contributed by atoms with E-state index in [1.54, 1.807) is 24.3 Å². The molecule has 0 spiro atoms. The molecular formula is C17H19N3O3S. The largest absolute Gasteiger partial charge is 0.379 e. The monoisotopic (exact) mass is 345 g/mol. The Hall–Kier alpha value is -2.22. The van der Waals surface area contributed by atoms with Crippen molar-refractivity contribution in [3.05, 3.63) is 60.2 Å². The summed E-state index contributed by atoms with van der Waals surface area (Å²) in [5.74, 6) is 0. The summed E-state index contributed by atoms with van der Waals surface area (Å²) in [5, 5.41) is 4.15. The third-order valence-electron chi connectivity index (χ3n) is 3.68. The van der Waals surface area contributed by atoms with Crippen LogP contribution in [0.15, 0.2) is 64.6 Å². The highest BCUT2D eigenvalue weighted by molar-refractivity contribution is 7.89. The van der Waals surface area contributed by atoms with Gasteiger partial charge < -0.3 is 4.74 Å². The molecule has 0 saturated carbocycles. The number of morpholine rings is 1. The molecule has 0 amide bonds. The molecule has 0 atom stereocenters. The van der Waals surface area contributed by atoms with Crippen LogP contribution in [-0.4, -0.2) is 45.2 Å². The van der Waals surface area contributed by atoms with E-state index >= 15 is 0 Å². The van der Waals surface area contributed by atoms with Gasteiger partial charge in [0.2, 0.25) is 10.0 Å². The van der Waals surface area contributed by atoms with Gasteiger partial charge in [0.05, 0.1) is 30.0 Å². The lowest BCUT2D eigenvalue weighted by Gasteiger charge is -2.26. The highest BCUT2D eigenvalue weighted by Crippen LogP contribution is 2.20. The zero-order chi connectivity index (χ0) is 16.8. The Morgan fingerprint density at radius 2 is 1.67 bits per heavy atom. The summed E-state index contributed by atoms with van der Waals surface area (Å²) in [7, 11) is -3.55. The molecule has 0 radical (unpaired) electrons. The average molecular weight is 345 g/mol. The molecule has 6 nitrogen and oxygen atoms in total. The lowest BCUT2D eigenvalue weighted by Crippen LogP contribution is -2.40. The lowest BCUT2D eigenvalue weighted by atomic mass is 10.2.